The van der Waals surface area contributed by atoms with Crippen LogP contribution in [0.25, 0.3) is 0 Å². The van der Waals surface area contributed by atoms with Crippen molar-refractivity contribution in [2.45, 2.75) is 44.7 Å². The van der Waals surface area contributed by atoms with Gasteiger partial charge in [0.05, 0.1) is 12.1 Å². The van der Waals surface area contributed by atoms with E-state index in [-0.39, 0.29) is 17.8 Å². The number of carbonyl (C=O) groups is 2. The summed E-state index contributed by atoms with van der Waals surface area (Å²) in [5.74, 6) is -0.236. The number of methoxy groups -OCH3 is 1. The van der Waals surface area contributed by atoms with E-state index in [1.165, 1.54) is 12.0 Å². The molecule has 5 nitrogen and oxygen atoms in total. The number of benzene rings is 2. The summed E-state index contributed by atoms with van der Waals surface area (Å²) in [4.78, 5) is 28.1. The first kappa shape index (κ1) is 24.7. The fourth-order valence-corrected chi connectivity index (χ4v) is 4.81. The lowest BCUT2D eigenvalue weighted by Crippen LogP contribution is -2.49. The molecule has 0 radical (unpaired) electrons. The van der Waals surface area contributed by atoms with E-state index in [1.54, 1.807) is 42.5 Å². The Balaban J connectivity index is 2.08. The van der Waals surface area contributed by atoms with Gasteiger partial charge in [-0.05, 0) is 43.0 Å². The van der Waals surface area contributed by atoms with E-state index in [0.29, 0.717) is 33.0 Å². The normalized spacial score (nSPS) is 19.2. The molecule has 2 aromatic rings. The zero-order valence-corrected chi connectivity index (χ0v) is 20.4. The predicted molar refractivity (Wildman–Crippen MR) is 130 cm³/mol. The summed E-state index contributed by atoms with van der Waals surface area (Å²) in [7, 11) is 1.51. The number of halogens is 3. The van der Waals surface area contributed by atoms with Gasteiger partial charge in [-0.25, -0.2) is 0 Å². The van der Waals surface area contributed by atoms with Crippen LogP contribution in [0.1, 0.15) is 44.2 Å². The molecule has 3 rings (SSSR count). The Hall–Kier alpha value is -1.95. The predicted octanol–water partition coefficient (Wildman–Crippen LogP) is 6.01. The number of alkyl halides is 1. The summed E-state index contributed by atoms with van der Waals surface area (Å²) in [6, 6.07) is 11.0. The Labute approximate surface area is 204 Å². The summed E-state index contributed by atoms with van der Waals surface area (Å²) in [6.07, 6.45) is 4.17. The molecule has 1 N–H and O–H groups in total. The summed E-state index contributed by atoms with van der Waals surface area (Å²) >= 11 is 18.8. The largest absolute Gasteiger partial charge is 0.495 e. The van der Waals surface area contributed by atoms with Gasteiger partial charge in [0.25, 0.3) is 0 Å². The van der Waals surface area contributed by atoms with Gasteiger partial charge in [-0.15, -0.1) is 11.6 Å². The molecule has 2 aromatic carbocycles. The fraction of sp³-hybridized carbons (Fsp3) is 0.417. The third kappa shape index (κ3) is 5.51. The molecule has 0 saturated heterocycles. The van der Waals surface area contributed by atoms with Crippen molar-refractivity contribution in [3.8, 4) is 5.75 Å². The monoisotopic (exact) mass is 496 g/mol. The highest BCUT2D eigenvalue weighted by atomic mass is 35.5. The Morgan fingerprint density at radius 1 is 1.12 bits per heavy atom. The zero-order valence-electron chi connectivity index (χ0n) is 18.1. The van der Waals surface area contributed by atoms with Crippen molar-refractivity contribution in [2.24, 2.45) is 5.92 Å². The van der Waals surface area contributed by atoms with Gasteiger partial charge in [0.15, 0.2) is 0 Å². The van der Waals surface area contributed by atoms with Crippen LogP contribution in [-0.2, 0) is 9.59 Å². The lowest BCUT2D eigenvalue weighted by atomic mass is 9.85. The molecule has 0 spiro atoms. The van der Waals surface area contributed by atoms with Crippen molar-refractivity contribution in [3.05, 3.63) is 58.1 Å². The molecule has 0 aromatic heterocycles. The van der Waals surface area contributed by atoms with E-state index in [4.69, 9.17) is 39.5 Å². The van der Waals surface area contributed by atoms with E-state index in [0.717, 1.165) is 25.7 Å². The highest BCUT2D eigenvalue weighted by Crippen LogP contribution is 2.36. The molecular formula is C24H27Cl3N2O3. The Kier molecular flexibility index (Phi) is 8.69. The minimum Gasteiger partial charge on any atom is -0.495 e. The van der Waals surface area contributed by atoms with Crippen molar-refractivity contribution in [2.75, 3.05) is 17.9 Å². The average Bonchev–Trinajstić information content (AvgIpc) is 2.79. The van der Waals surface area contributed by atoms with Gasteiger partial charge in [-0.2, -0.15) is 0 Å². The standard InChI is InChI=1S/C24H27Cl3N2O3/c1-15-7-3-6-10-20(15)28-24(31)23(17-8-4-5-9-18(17)26)29(22(30)14-25)16-11-12-21(32-2)19(27)13-16/h4-5,8-9,11-13,15,20,23H,3,6-7,10,14H2,1-2H3,(H,28,31)/t15-,20-,23+/m1/s1. The maximum absolute atomic E-state index is 13.7. The van der Waals surface area contributed by atoms with Crippen molar-refractivity contribution >= 4 is 52.3 Å². The molecule has 172 valence electrons. The molecule has 32 heavy (non-hydrogen) atoms. The van der Waals surface area contributed by atoms with Crippen molar-refractivity contribution < 1.29 is 14.3 Å². The van der Waals surface area contributed by atoms with Crippen molar-refractivity contribution in [1.82, 2.24) is 5.32 Å². The number of anilines is 1. The molecule has 0 heterocycles. The molecule has 0 unspecified atom stereocenters. The number of nitrogens with zero attached hydrogens (tertiary/aromatic N) is 1. The minimum atomic E-state index is -1.01. The quantitative estimate of drug-likeness (QED) is 0.477. The van der Waals surface area contributed by atoms with Crippen LogP contribution in [0.15, 0.2) is 42.5 Å². The van der Waals surface area contributed by atoms with E-state index in [1.807, 2.05) is 0 Å². The molecule has 1 fully saturated rings. The molecule has 1 aliphatic carbocycles. The van der Waals surface area contributed by atoms with Crippen LogP contribution in [0.5, 0.6) is 5.75 Å². The highest BCUT2D eigenvalue weighted by Gasteiger charge is 2.36. The molecular weight excluding hydrogens is 471 g/mol. The summed E-state index contributed by atoms with van der Waals surface area (Å²) < 4.78 is 5.23. The van der Waals surface area contributed by atoms with Gasteiger partial charge in [0.2, 0.25) is 11.8 Å². The number of ether oxygens (including phenoxy) is 1. The second kappa shape index (κ2) is 11.3. The fourth-order valence-electron chi connectivity index (χ4n) is 4.19. The first-order valence-electron chi connectivity index (χ1n) is 10.6. The second-order valence-electron chi connectivity index (χ2n) is 8.02. The van der Waals surface area contributed by atoms with Crippen molar-refractivity contribution in [1.29, 1.82) is 0 Å². The number of rotatable bonds is 7. The van der Waals surface area contributed by atoms with Gasteiger partial charge in [0.1, 0.15) is 17.7 Å². The number of amides is 2. The van der Waals surface area contributed by atoms with Gasteiger partial charge >= 0.3 is 0 Å². The van der Waals surface area contributed by atoms with Gasteiger partial charge in [-0.3, -0.25) is 14.5 Å². The maximum Gasteiger partial charge on any atom is 0.248 e. The first-order chi connectivity index (χ1) is 15.4. The number of nitrogens with one attached hydrogen (secondary N) is 1. The molecule has 8 heteroatoms. The molecule has 2 amide bonds. The van der Waals surface area contributed by atoms with Crippen LogP contribution in [0.2, 0.25) is 10.0 Å². The van der Waals surface area contributed by atoms with E-state index >= 15 is 0 Å². The lowest BCUT2D eigenvalue weighted by Gasteiger charge is -2.35. The van der Waals surface area contributed by atoms with Crippen LogP contribution in [0, 0.1) is 5.92 Å². The van der Waals surface area contributed by atoms with E-state index in [9.17, 15) is 9.59 Å². The summed E-state index contributed by atoms with van der Waals surface area (Å²) in [5.41, 5.74) is 0.943. The van der Waals surface area contributed by atoms with Crippen LogP contribution >= 0.6 is 34.8 Å². The third-order valence-electron chi connectivity index (χ3n) is 5.94. The summed E-state index contributed by atoms with van der Waals surface area (Å²) in [5, 5.41) is 3.87. The van der Waals surface area contributed by atoms with Crippen LogP contribution in [-0.4, -0.2) is 30.8 Å². The number of carbonyl (C=O) groups excluding carboxylic acids is 2. The van der Waals surface area contributed by atoms with E-state index < -0.39 is 11.9 Å². The molecule has 0 aliphatic heterocycles. The number of hydrogen-bond donors (Lipinski definition) is 1. The van der Waals surface area contributed by atoms with E-state index in [2.05, 4.69) is 12.2 Å². The molecule has 1 aliphatic rings. The number of hydrogen-bond acceptors (Lipinski definition) is 3. The smallest absolute Gasteiger partial charge is 0.248 e. The minimum absolute atomic E-state index is 0.0358. The molecule has 0 bridgehead atoms. The van der Waals surface area contributed by atoms with Crippen LogP contribution < -0.4 is 15.0 Å². The van der Waals surface area contributed by atoms with Gasteiger partial charge in [-0.1, -0.05) is 61.2 Å². The zero-order chi connectivity index (χ0) is 23.3. The SMILES string of the molecule is COc1ccc(N(C(=O)CCl)[C@H](C(=O)N[C@@H]2CCCC[C@H]2C)c2ccccc2Cl)cc1Cl. The first-order valence-corrected chi connectivity index (χ1v) is 11.9. The molecule has 1 saturated carbocycles. The third-order valence-corrected chi connectivity index (χ3v) is 6.81. The van der Waals surface area contributed by atoms with Crippen molar-refractivity contribution in [3.63, 3.8) is 0 Å². The van der Waals surface area contributed by atoms with Crippen LogP contribution in [0.3, 0.4) is 0 Å². The topological polar surface area (TPSA) is 58.6 Å². The van der Waals surface area contributed by atoms with Crippen LogP contribution in [0.4, 0.5) is 5.69 Å². The highest BCUT2D eigenvalue weighted by molar-refractivity contribution is 6.33. The maximum atomic E-state index is 13.7. The Morgan fingerprint density at radius 3 is 2.47 bits per heavy atom. The molecule has 3 atom stereocenters. The summed E-state index contributed by atoms with van der Waals surface area (Å²) in [6.45, 7) is 2.14. The Morgan fingerprint density at radius 2 is 1.84 bits per heavy atom. The van der Waals surface area contributed by atoms with Gasteiger partial charge < -0.3 is 10.1 Å². The second-order valence-corrected chi connectivity index (χ2v) is 9.10. The lowest BCUT2D eigenvalue weighted by molar-refractivity contribution is -0.126. The average molecular weight is 498 g/mol. The van der Waals surface area contributed by atoms with Gasteiger partial charge in [0, 0.05) is 22.3 Å². The Bertz CT molecular complexity index is 969.